The molecule has 0 saturated heterocycles. The zero-order valence-corrected chi connectivity index (χ0v) is 13.7. The smallest absolute Gasteiger partial charge is 0.224 e. The van der Waals surface area contributed by atoms with Crippen LogP contribution in [-0.2, 0) is 6.42 Å². The van der Waals surface area contributed by atoms with Crippen LogP contribution in [0.5, 0.6) is 0 Å². The van der Waals surface area contributed by atoms with Crippen molar-refractivity contribution >= 4 is 11.8 Å². The molecule has 0 bridgehead atoms. The average molecular weight is 317 g/mol. The Labute approximate surface area is 137 Å². The lowest BCUT2D eigenvalue weighted by Gasteiger charge is -2.11. The van der Waals surface area contributed by atoms with Crippen LogP contribution in [0, 0.1) is 5.82 Å². The fourth-order valence-corrected chi connectivity index (χ4v) is 2.16. The van der Waals surface area contributed by atoms with E-state index >= 15 is 0 Å². The predicted molar refractivity (Wildman–Crippen MR) is 92.3 cm³/mol. The molecule has 5 nitrogen and oxygen atoms in total. The lowest BCUT2D eigenvalue weighted by molar-refractivity contribution is 0.405. The maximum atomic E-state index is 13.5. The van der Waals surface area contributed by atoms with Crippen LogP contribution in [0.15, 0.2) is 36.5 Å². The van der Waals surface area contributed by atoms with Crippen LogP contribution < -0.4 is 10.6 Å². The molecule has 0 saturated carbocycles. The third kappa shape index (κ3) is 6.20. The van der Waals surface area contributed by atoms with E-state index in [1.54, 1.807) is 18.3 Å². The highest BCUT2D eigenvalue weighted by atomic mass is 19.1. The molecular weight excluding hydrogens is 293 g/mol. The lowest BCUT2D eigenvalue weighted by Crippen LogP contribution is -2.17. The molecule has 0 atom stereocenters. The molecule has 1 heterocycles. The van der Waals surface area contributed by atoms with E-state index in [1.165, 1.54) is 6.07 Å². The Balaban J connectivity index is 1.77. The van der Waals surface area contributed by atoms with Gasteiger partial charge in [-0.15, -0.1) is 0 Å². The van der Waals surface area contributed by atoms with E-state index in [0.29, 0.717) is 24.5 Å². The van der Waals surface area contributed by atoms with E-state index in [4.69, 9.17) is 0 Å². The Morgan fingerprint density at radius 2 is 1.91 bits per heavy atom. The first-order chi connectivity index (χ1) is 11.1. The van der Waals surface area contributed by atoms with Crippen molar-refractivity contribution in [3.05, 3.63) is 47.9 Å². The second-order valence-electron chi connectivity index (χ2n) is 5.62. The average Bonchev–Trinajstić information content (AvgIpc) is 2.54. The summed E-state index contributed by atoms with van der Waals surface area (Å²) in [6.07, 6.45) is 3.36. The van der Waals surface area contributed by atoms with Gasteiger partial charge in [-0.25, -0.2) is 9.37 Å². The summed E-state index contributed by atoms with van der Waals surface area (Å²) in [6.45, 7) is 2.47. The van der Waals surface area contributed by atoms with E-state index in [0.717, 1.165) is 25.3 Å². The van der Waals surface area contributed by atoms with Crippen molar-refractivity contribution in [3.8, 4) is 0 Å². The van der Waals surface area contributed by atoms with Crippen molar-refractivity contribution in [3.63, 3.8) is 0 Å². The van der Waals surface area contributed by atoms with Crippen molar-refractivity contribution in [2.45, 2.75) is 12.8 Å². The molecule has 0 radical (unpaired) electrons. The van der Waals surface area contributed by atoms with E-state index in [9.17, 15) is 4.39 Å². The SMILES string of the molecule is CN(C)CCCNc1nccc(NCCc2ccccc2F)n1. The third-order valence-corrected chi connectivity index (χ3v) is 3.38. The summed E-state index contributed by atoms with van der Waals surface area (Å²) in [5.41, 5.74) is 0.705. The number of aromatic nitrogens is 2. The van der Waals surface area contributed by atoms with Gasteiger partial charge in [0.15, 0.2) is 0 Å². The number of hydrogen-bond acceptors (Lipinski definition) is 5. The Bertz CT molecular complexity index is 603. The highest BCUT2D eigenvalue weighted by Gasteiger charge is 2.02. The quantitative estimate of drug-likeness (QED) is 0.696. The monoisotopic (exact) mass is 317 g/mol. The first-order valence-electron chi connectivity index (χ1n) is 7.84. The number of benzene rings is 1. The highest BCUT2D eigenvalue weighted by Crippen LogP contribution is 2.09. The number of halogens is 1. The summed E-state index contributed by atoms with van der Waals surface area (Å²) in [5, 5.41) is 6.41. The second-order valence-corrected chi connectivity index (χ2v) is 5.62. The largest absolute Gasteiger partial charge is 0.370 e. The summed E-state index contributed by atoms with van der Waals surface area (Å²) in [5.74, 6) is 1.19. The first-order valence-corrected chi connectivity index (χ1v) is 7.84. The van der Waals surface area contributed by atoms with Crippen molar-refractivity contribution in [1.82, 2.24) is 14.9 Å². The molecule has 0 aliphatic rings. The molecule has 2 rings (SSSR count). The van der Waals surface area contributed by atoms with Gasteiger partial charge in [-0.2, -0.15) is 4.98 Å². The molecule has 124 valence electrons. The molecular formula is C17H24FN5. The lowest BCUT2D eigenvalue weighted by atomic mass is 10.1. The molecule has 2 N–H and O–H groups in total. The fourth-order valence-electron chi connectivity index (χ4n) is 2.16. The molecule has 23 heavy (non-hydrogen) atoms. The standard InChI is InChI=1S/C17H24FN5/c1-23(2)13-5-10-20-17-21-12-9-16(22-17)19-11-8-14-6-3-4-7-15(14)18/h3-4,6-7,9,12H,5,8,10-11,13H2,1-2H3,(H2,19,20,21,22). The molecule has 2 aromatic rings. The number of nitrogens with one attached hydrogen (secondary N) is 2. The van der Waals surface area contributed by atoms with Crippen molar-refractivity contribution in [1.29, 1.82) is 0 Å². The minimum absolute atomic E-state index is 0.166. The molecule has 0 spiro atoms. The molecule has 0 aliphatic carbocycles. The van der Waals surface area contributed by atoms with E-state index in [2.05, 4.69) is 39.6 Å². The Morgan fingerprint density at radius 3 is 2.70 bits per heavy atom. The summed E-state index contributed by atoms with van der Waals surface area (Å²) in [7, 11) is 4.10. The fraction of sp³-hybridized carbons (Fsp3) is 0.412. The maximum absolute atomic E-state index is 13.5. The van der Waals surface area contributed by atoms with Gasteiger partial charge in [0.2, 0.25) is 5.95 Å². The highest BCUT2D eigenvalue weighted by molar-refractivity contribution is 5.39. The molecule has 0 amide bonds. The Hall–Kier alpha value is -2.21. The van der Waals surface area contributed by atoms with Crippen LogP contribution in [0.3, 0.4) is 0 Å². The minimum atomic E-state index is -0.166. The van der Waals surface area contributed by atoms with Gasteiger partial charge in [0, 0.05) is 19.3 Å². The zero-order chi connectivity index (χ0) is 16.5. The van der Waals surface area contributed by atoms with Gasteiger partial charge in [0.1, 0.15) is 11.6 Å². The van der Waals surface area contributed by atoms with Crippen LogP contribution in [0.1, 0.15) is 12.0 Å². The topological polar surface area (TPSA) is 53.1 Å². The number of hydrogen-bond donors (Lipinski definition) is 2. The van der Waals surface area contributed by atoms with Crippen molar-refractivity contribution in [2.24, 2.45) is 0 Å². The van der Waals surface area contributed by atoms with Crippen LogP contribution in [0.25, 0.3) is 0 Å². The van der Waals surface area contributed by atoms with Crippen LogP contribution in [-0.4, -0.2) is 48.6 Å². The van der Waals surface area contributed by atoms with Crippen LogP contribution in [0.2, 0.25) is 0 Å². The number of rotatable bonds is 9. The summed E-state index contributed by atoms with van der Waals surface area (Å²) in [6, 6.07) is 8.64. The maximum Gasteiger partial charge on any atom is 0.224 e. The van der Waals surface area contributed by atoms with Gasteiger partial charge in [-0.05, 0) is 51.2 Å². The number of nitrogens with zero attached hydrogens (tertiary/aromatic N) is 3. The summed E-state index contributed by atoms with van der Waals surface area (Å²) < 4.78 is 13.5. The summed E-state index contributed by atoms with van der Waals surface area (Å²) >= 11 is 0. The van der Waals surface area contributed by atoms with Gasteiger partial charge in [0.05, 0.1) is 0 Å². The molecule has 0 aliphatic heterocycles. The van der Waals surface area contributed by atoms with E-state index in [1.807, 2.05) is 12.1 Å². The van der Waals surface area contributed by atoms with E-state index in [-0.39, 0.29) is 5.82 Å². The minimum Gasteiger partial charge on any atom is -0.370 e. The van der Waals surface area contributed by atoms with Gasteiger partial charge >= 0.3 is 0 Å². The molecule has 1 aromatic carbocycles. The molecule has 6 heteroatoms. The zero-order valence-electron chi connectivity index (χ0n) is 13.7. The van der Waals surface area contributed by atoms with Gasteiger partial charge in [-0.1, -0.05) is 18.2 Å². The second kappa shape index (κ2) is 9.05. The number of anilines is 2. The van der Waals surface area contributed by atoms with Gasteiger partial charge in [-0.3, -0.25) is 0 Å². The summed E-state index contributed by atoms with van der Waals surface area (Å²) in [4.78, 5) is 10.7. The van der Waals surface area contributed by atoms with Crippen LogP contribution >= 0.6 is 0 Å². The van der Waals surface area contributed by atoms with Gasteiger partial charge in [0.25, 0.3) is 0 Å². The Morgan fingerprint density at radius 1 is 1.09 bits per heavy atom. The molecule has 1 aromatic heterocycles. The van der Waals surface area contributed by atoms with Crippen LogP contribution in [0.4, 0.5) is 16.2 Å². The molecule has 0 fully saturated rings. The third-order valence-electron chi connectivity index (χ3n) is 3.38. The van der Waals surface area contributed by atoms with Gasteiger partial charge < -0.3 is 15.5 Å². The predicted octanol–water partition coefficient (Wildman–Crippen LogP) is 2.63. The van der Waals surface area contributed by atoms with Crippen molar-refractivity contribution < 1.29 is 4.39 Å². The van der Waals surface area contributed by atoms with E-state index < -0.39 is 0 Å². The Kier molecular flexibility index (Phi) is 6.75. The molecule has 0 unspecified atom stereocenters. The van der Waals surface area contributed by atoms with Crippen molar-refractivity contribution in [2.75, 3.05) is 44.4 Å². The normalized spacial score (nSPS) is 10.8. The first kappa shape index (κ1) is 17.1.